The van der Waals surface area contributed by atoms with Crippen LogP contribution in [0.3, 0.4) is 0 Å². The van der Waals surface area contributed by atoms with Gasteiger partial charge in [-0.1, -0.05) is 30.3 Å². The first-order valence-corrected chi connectivity index (χ1v) is 7.86. The van der Waals surface area contributed by atoms with Crippen LogP contribution in [0.5, 0.6) is 0 Å². The van der Waals surface area contributed by atoms with Crippen LogP contribution >= 0.6 is 0 Å². The zero-order chi connectivity index (χ0) is 16.2. The van der Waals surface area contributed by atoms with Crippen LogP contribution in [-0.2, 0) is 6.42 Å². The fourth-order valence-corrected chi connectivity index (χ4v) is 3.19. The van der Waals surface area contributed by atoms with Gasteiger partial charge in [0.1, 0.15) is 0 Å². The lowest BCUT2D eigenvalue weighted by Gasteiger charge is -2.33. The Balaban J connectivity index is 1.62. The molecule has 0 spiro atoms. The lowest BCUT2D eigenvalue weighted by molar-refractivity contribution is -0.385. The van der Waals surface area contributed by atoms with E-state index in [-0.39, 0.29) is 5.69 Å². The van der Waals surface area contributed by atoms with E-state index in [4.69, 9.17) is 0 Å². The van der Waals surface area contributed by atoms with Crippen molar-refractivity contribution < 1.29 is 9.31 Å². The topological polar surface area (TPSA) is 46.4 Å². The molecule has 1 fully saturated rings. The SMILES string of the molecule is O=[N+]([O-])c1ccc(N2CCC(Cc3ccccc3)CC2)c(F)c1. The first kappa shape index (κ1) is 15.5. The molecular formula is C18H19FN2O2. The standard InChI is InChI=1S/C18H19FN2O2/c19-17-13-16(21(22)23)6-7-18(17)20-10-8-15(9-11-20)12-14-4-2-1-3-5-14/h1-7,13,15H,8-12H2. The summed E-state index contributed by atoms with van der Waals surface area (Å²) in [6.45, 7) is 1.57. The molecule has 0 amide bonds. The quantitative estimate of drug-likeness (QED) is 0.628. The molecule has 2 aromatic rings. The molecular weight excluding hydrogens is 295 g/mol. The highest BCUT2D eigenvalue weighted by Gasteiger charge is 2.22. The maximum atomic E-state index is 14.1. The highest BCUT2D eigenvalue weighted by atomic mass is 19.1. The van der Waals surface area contributed by atoms with Gasteiger partial charge in [0.05, 0.1) is 16.7 Å². The van der Waals surface area contributed by atoms with Gasteiger partial charge in [0.2, 0.25) is 0 Å². The van der Waals surface area contributed by atoms with Crippen LogP contribution < -0.4 is 4.90 Å². The van der Waals surface area contributed by atoms with Gasteiger partial charge in [0, 0.05) is 19.2 Å². The summed E-state index contributed by atoms with van der Waals surface area (Å²) in [6, 6.07) is 14.3. The molecule has 0 saturated carbocycles. The van der Waals surface area contributed by atoms with Gasteiger partial charge in [-0.25, -0.2) is 4.39 Å². The van der Waals surface area contributed by atoms with E-state index in [0.717, 1.165) is 38.4 Å². The fourth-order valence-electron chi connectivity index (χ4n) is 3.19. The first-order valence-electron chi connectivity index (χ1n) is 7.86. The molecule has 1 aliphatic heterocycles. The van der Waals surface area contributed by atoms with Gasteiger partial charge in [-0.05, 0) is 36.8 Å². The van der Waals surface area contributed by atoms with Crippen molar-refractivity contribution in [2.45, 2.75) is 19.3 Å². The van der Waals surface area contributed by atoms with Crippen molar-refractivity contribution in [1.29, 1.82) is 0 Å². The van der Waals surface area contributed by atoms with Gasteiger partial charge in [-0.3, -0.25) is 10.1 Å². The molecule has 2 aromatic carbocycles. The Hall–Kier alpha value is -2.43. The van der Waals surface area contributed by atoms with Crippen LogP contribution in [0.25, 0.3) is 0 Å². The Kier molecular flexibility index (Phi) is 4.55. The van der Waals surface area contributed by atoms with E-state index in [2.05, 4.69) is 24.3 Å². The van der Waals surface area contributed by atoms with Crippen LogP contribution in [0.4, 0.5) is 15.8 Å². The number of anilines is 1. The normalized spacial score (nSPS) is 15.6. The van der Waals surface area contributed by atoms with E-state index in [0.29, 0.717) is 11.6 Å². The average Bonchev–Trinajstić information content (AvgIpc) is 2.56. The van der Waals surface area contributed by atoms with Crippen molar-refractivity contribution >= 4 is 11.4 Å². The number of halogens is 1. The molecule has 1 aliphatic rings. The summed E-state index contributed by atoms with van der Waals surface area (Å²) in [5.41, 5.74) is 1.60. The number of nitro groups is 1. The summed E-state index contributed by atoms with van der Waals surface area (Å²) in [4.78, 5) is 12.1. The third-order valence-electron chi connectivity index (χ3n) is 4.46. The molecule has 0 bridgehead atoms. The monoisotopic (exact) mass is 314 g/mol. The number of piperidine rings is 1. The molecule has 120 valence electrons. The van der Waals surface area contributed by atoms with E-state index in [1.54, 1.807) is 0 Å². The maximum Gasteiger partial charge on any atom is 0.272 e. The van der Waals surface area contributed by atoms with Crippen molar-refractivity contribution in [3.63, 3.8) is 0 Å². The van der Waals surface area contributed by atoms with Crippen molar-refractivity contribution in [3.05, 3.63) is 70.0 Å². The molecule has 0 N–H and O–H groups in total. The minimum atomic E-state index is -0.570. The van der Waals surface area contributed by atoms with Gasteiger partial charge in [0.15, 0.2) is 5.82 Å². The number of nitro benzene ring substituents is 1. The fraction of sp³-hybridized carbons (Fsp3) is 0.333. The molecule has 0 unspecified atom stereocenters. The largest absolute Gasteiger partial charge is 0.369 e. The molecule has 0 atom stereocenters. The highest BCUT2D eigenvalue weighted by Crippen LogP contribution is 2.29. The van der Waals surface area contributed by atoms with Gasteiger partial charge in [0.25, 0.3) is 5.69 Å². The first-order chi connectivity index (χ1) is 11.1. The van der Waals surface area contributed by atoms with Gasteiger partial charge < -0.3 is 4.90 Å². The molecule has 4 nitrogen and oxygen atoms in total. The van der Waals surface area contributed by atoms with Gasteiger partial charge in [-0.15, -0.1) is 0 Å². The summed E-state index contributed by atoms with van der Waals surface area (Å²) in [7, 11) is 0. The Morgan fingerprint density at radius 2 is 1.83 bits per heavy atom. The molecule has 23 heavy (non-hydrogen) atoms. The maximum absolute atomic E-state index is 14.1. The molecule has 5 heteroatoms. The van der Waals surface area contributed by atoms with Crippen molar-refractivity contribution in [2.75, 3.05) is 18.0 Å². The predicted molar refractivity (Wildman–Crippen MR) is 88.1 cm³/mol. The summed E-state index contributed by atoms with van der Waals surface area (Å²) in [5, 5.41) is 10.7. The summed E-state index contributed by atoms with van der Waals surface area (Å²) < 4.78 is 14.1. The number of nitrogens with zero attached hydrogens (tertiary/aromatic N) is 2. The molecule has 0 radical (unpaired) electrons. The Morgan fingerprint density at radius 3 is 2.43 bits per heavy atom. The van der Waals surface area contributed by atoms with E-state index >= 15 is 0 Å². The minimum absolute atomic E-state index is 0.204. The lowest BCUT2D eigenvalue weighted by Crippen LogP contribution is -2.34. The van der Waals surface area contributed by atoms with Crippen molar-refractivity contribution in [2.24, 2.45) is 5.92 Å². The number of hydrogen-bond donors (Lipinski definition) is 0. The third-order valence-corrected chi connectivity index (χ3v) is 4.46. The third kappa shape index (κ3) is 3.67. The van der Waals surface area contributed by atoms with Crippen LogP contribution in [0.15, 0.2) is 48.5 Å². The molecule has 0 aliphatic carbocycles. The molecule has 3 rings (SSSR count). The molecule has 1 saturated heterocycles. The van der Waals surface area contributed by atoms with E-state index in [1.807, 2.05) is 11.0 Å². The van der Waals surface area contributed by atoms with Crippen molar-refractivity contribution in [1.82, 2.24) is 0 Å². The highest BCUT2D eigenvalue weighted by molar-refractivity contribution is 5.52. The molecule has 0 aromatic heterocycles. The van der Waals surface area contributed by atoms with Crippen LogP contribution in [0.2, 0.25) is 0 Å². The number of hydrogen-bond acceptors (Lipinski definition) is 3. The number of benzene rings is 2. The predicted octanol–water partition coefficient (Wildman–Crippen LogP) is 4.19. The Labute approximate surface area is 134 Å². The van der Waals surface area contributed by atoms with E-state index in [9.17, 15) is 14.5 Å². The second-order valence-electron chi connectivity index (χ2n) is 6.01. The van der Waals surface area contributed by atoms with Crippen LogP contribution in [-0.4, -0.2) is 18.0 Å². The zero-order valence-electron chi connectivity index (χ0n) is 12.8. The van der Waals surface area contributed by atoms with Gasteiger partial charge in [-0.2, -0.15) is 0 Å². The van der Waals surface area contributed by atoms with E-state index < -0.39 is 10.7 Å². The van der Waals surface area contributed by atoms with Crippen molar-refractivity contribution in [3.8, 4) is 0 Å². The Bertz CT molecular complexity index is 683. The minimum Gasteiger partial charge on any atom is -0.369 e. The summed E-state index contributed by atoms with van der Waals surface area (Å²) in [5.74, 6) is 0.0930. The zero-order valence-corrected chi connectivity index (χ0v) is 12.8. The number of rotatable bonds is 4. The number of non-ortho nitro benzene ring substituents is 1. The van der Waals surface area contributed by atoms with E-state index in [1.165, 1.54) is 17.7 Å². The average molecular weight is 314 g/mol. The van der Waals surface area contributed by atoms with Crippen LogP contribution in [0.1, 0.15) is 18.4 Å². The second kappa shape index (κ2) is 6.77. The smallest absolute Gasteiger partial charge is 0.272 e. The van der Waals surface area contributed by atoms with Crippen LogP contribution in [0, 0.1) is 21.8 Å². The second-order valence-corrected chi connectivity index (χ2v) is 6.01. The lowest BCUT2D eigenvalue weighted by atomic mass is 9.90. The van der Waals surface area contributed by atoms with Gasteiger partial charge >= 0.3 is 0 Å². The summed E-state index contributed by atoms with van der Waals surface area (Å²) >= 11 is 0. The summed E-state index contributed by atoms with van der Waals surface area (Å²) in [6.07, 6.45) is 3.06. The molecule has 1 heterocycles. The Morgan fingerprint density at radius 1 is 1.13 bits per heavy atom.